The first-order valence-corrected chi connectivity index (χ1v) is 12.0. The number of benzene rings is 1. The van der Waals surface area contributed by atoms with Crippen molar-refractivity contribution in [2.45, 2.75) is 51.0 Å². The van der Waals surface area contributed by atoms with Crippen molar-refractivity contribution in [2.24, 2.45) is 0 Å². The molecule has 1 saturated heterocycles. The van der Waals surface area contributed by atoms with Gasteiger partial charge in [-0.25, -0.2) is 0 Å². The molecule has 0 radical (unpaired) electrons. The third-order valence-corrected chi connectivity index (χ3v) is 6.32. The first kappa shape index (κ1) is 24.5. The Balaban J connectivity index is 1.83. The maximum absolute atomic E-state index is 13.9. The van der Waals surface area contributed by atoms with Gasteiger partial charge >= 0.3 is 0 Å². The highest BCUT2D eigenvalue weighted by atomic mass is 16.5. The first-order chi connectivity index (χ1) is 15.4. The molecule has 0 aromatic heterocycles. The van der Waals surface area contributed by atoms with Gasteiger partial charge in [0.1, 0.15) is 12.4 Å². The fourth-order valence-corrected chi connectivity index (χ4v) is 4.55. The summed E-state index contributed by atoms with van der Waals surface area (Å²) in [4.78, 5) is 32.3. The van der Waals surface area contributed by atoms with Gasteiger partial charge in [-0.05, 0) is 57.8 Å². The molecule has 2 aliphatic rings. The fraction of sp³-hybridized carbons (Fsp3) is 0.680. The van der Waals surface area contributed by atoms with Gasteiger partial charge in [0, 0.05) is 13.1 Å². The quantitative estimate of drug-likeness (QED) is 0.697. The molecule has 0 aliphatic carbocycles. The Hall–Kier alpha value is -2.12. The lowest BCUT2D eigenvalue weighted by Gasteiger charge is -2.44. The molecule has 1 aromatic rings. The Morgan fingerprint density at radius 1 is 1.16 bits per heavy atom. The fourth-order valence-electron chi connectivity index (χ4n) is 4.55. The molecule has 178 valence electrons. The summed E-state index contributed by atoms with van der Waals surface area (Å²) in [6, 6.07) is 8.18. The van der Waals surface area contributed by atoms with Gasteiger partial charge in [-0.15, -0.1) is 0 Å². The normalized spacial score (nSPS) is 22.8. The summed E-state index contributed by atoms with van der Waals surface area (Å²) in [6.45, 7) is 5.38. The number of fused-ring (bicyclic) bond motifs is 1. The SMILES string of the molecule is CCCCN1CCOc2ccccc2CCCCC2(CN(C(=O)CN(C)C)CCO2)C1=O. The Morgan fingerprint density at radius 2 is 1.97 bits per heavy atom. The number of likely N-dealkylation sites (N-methyl/N-ethyl adjacent to an activating group) is 1. The maximum atomic E-state index is 13.9. The molecule has 0 saturated carbocycles. The van der Waals surface area contributed by atoms with E-state index in [-0.39, 0.29) is 11.8 Å². The molecular weight excluding hydrogens is 406 g/mol. The van der Waals surface area contributed by atoms with E-state index in [2.05, 4.69) is 13.0 Å². The second kappa shape index (κ2) is 11.7. The lowest BCUT2D eigenvalue weighted by Crippen LogP contribution is -2.62. The van der Waals surface area contributed by atoms with Crippen LogP contribution in [0.15, 0.2) is 24.3 Å². The number of hydrogen-bond acceptors (Lipinski definition) is 5. The number of unbranched alkanes of at least 4 members (excludes halogenated alkanes) is 1. The van der Waals surface area contributed by atoms with Crippen molar-refractivity contribution in [3.8, 4) is 5.75 Å². The summed E-state index contributed by atoms with van der Waals surface area (Å²) in [5.74, 6) is 0.972. The molecule has 0 N–H and O–H groups in total. The average Bonchev–Trinajstić information content (AvgIpc) is 2.78. The summed E-state index contributed by atoms with van der Waals surface area (Å²) in [5.41, 5.74) is 0.244. The third-order valence-electron chi connectivity index (χ3n) is 6.32. The predicted molar refractivity (Wildman–Crippen MR) is 125 cm³/mol. The summed E-state index contributed by atoms with van der Waals surface area (Å²) in [5, 5.41) is 0. The van der Waals surface area contributed by atoms with E-state index in [4.69, 9.17) is 9.47 Å². The lowest BCUT2D eigenvalue weighted by molar-refractivity contribution is -0.177. The van der Waals surface area contributed by atoms with Crippen molar-refractivity contribution in [3.63, 3.8) is 0 Å². The molecule has 1 aromatic carbocycles. The van der Waals surface area contributed by atoms with E-state index < -0.39 is 5.60 Å². The molecule has 0 bridgehead atoms. The molecule has 7 heteroatoms. The van der Waals surface area contributed by atoms with E-state index in [1.165, 1.54) is 5.56 Å². The van der Waals surface area contributed by atoms with E-state index in [1.54, 1.807) is 0 Å². The molecule has 32 heavy (non-hydrogen) atoms. The third kappa shape index (κ3) is 6.23. The summed E-state index contributed by atoms with van der Waals surface area (Å²) >= 11 is 0. The summed E-state index contributed by atoms with van der Waals surface area (Å²) in [7, 11) is 3.78. The molecule has 2 heterocycles. The number of carbonyl (C=O) groups excluding carboxylic acids is 2. The molecular formula is C25H39N3O4. The number of rotatable bonds is 5. The van der Waals surface area contributed by atoms with Crippen molar-refractivity contribution >= 4 is 11.8 Å². The van der Waals surface area contributed by atoms with E-state index in [9.17, 15) is 9.59 Å². The van der Waals surface area contributed by atoms with Gasteiger partial charge in [0.05, 0.1) is 26.2 Å². The minimum absolute atomic E-state index is 0.00533. The van der Waals surface area contributed by atoms with E-state index in [0.717, 1.165) is 37.9 Å². The van der Waals surface area contributed by atoms with Crippen LogP contribution < -0.4 is 4.74 Å². The number of morpholine rings is 1. The highest BCUT2D eigenvalue weighted by Crippen LogP contribution is 2.29. The van der Waals surface area contributed by atoms with Gasteiger partial charge in [-0.1, -0.05) is 31.5 Å². The van der Waals surface area contributed by atoms with Crippen molar-refractivity contribution in [3.05, 3.63) is 29.8 Å². The van der Waals surface area contributed by atoms with Crippen LogP contribution in [0.5, 0.6) is 5.75 Å². The van der Waals surface area contributed by atoms with Crippen molar-refractivity contribution < 1.29 is 19.1 Å². The van der Waals surface area contributed by atoms with Gasteiger partial charge in [0.25, 0.3) is 5.91 Å². The highest BCUT2D eigenvalue weighted by Gasteiger charge is 2.46. The zero-order chi connectivity index (χ0) is 23.0. The molecule has 2 aliphatic heterocycles. The molecule has 3 rings (SSSR count). The van der Waals surface area contributed by atoms with Crippen molar-refractivity contribution in [2.75, 3.05) is 60.0 Å². The minimum Gasteiger partial charge on any atom is -0.491 e. The Labute approximate surface area is 192 Å². The lowest BCUT2D eigenvalue weighted by atomic mass is 9.90. The maximum Gasteiger partial charge on any atom is 0.256 e. The van der Waals surface area contributed by atoms with Gasteiger partial charge in [-0.3, -0.25) is 9.59 Å². The van der Waals surface area contributed by atoms with Crippen molar-refractivity contribution in [1.82, 2.24) is 14.7 Å². The van der Waals surface area contributed by atoms with Gasteiger partial charge in [0.2, 0.25) is 5.91 Å². The zero-order valence-corrected chi connectivity index (χ0v) is 20.0. The van der Waals surface area contributed by atoms with Crippen LogP contribution in [0.2, 0.25) is 0 Å². The molecule has 7 nitrogen and oxygen atoms in total. The molecule has 1 unspecified atom stereocenters. The van der Waals surface area contributed by atoms with Crippen LogP contribution in [0.3, 0.4) is 0 Å². The van der Waals surface area contributed by atoms with E-state index >= 15 is 0 Å². The molecule has 1 fully saturated rings. The molecule has 1 atom stereocenters. The van der Waals surface area contributed by atoms with Crippen LogP contribution in [0.4, 0.5) is 0 Å². The number of carbonyl (C=O) groups is 2. The topological polar surface area (TPSA) is 62.3 Å². The van der Waals surface area contributed by atoms with Crippen LogP contribution in [0.1, 0.15) is 44.6 Å². The minimum atomic E-state index is -0.966. The Morgan fingerprint density at radius 3 is 2.75 bits per heavy atom. The largest absolute Gasteiger partial charge is 0.491 e. The standard InChI is InChI=1S/C25H39N3O4/c1-4-5-14-27-15-17-31-22-12-7-6-10-21(22)11-8-9-13-25(24(27)30)20-28(16-18-32-25)23(29)19-26(2)3/h6-7,10,12H,4-5,8-9,11,13-20H2,1-3H3. The number of nitrogens with zero attached hydrogens (tertiary/aromatic N) is 3. The number of para-hydroxylation sites is 1. The van der Waals surface area contributed by atoms with Crippen LogP contribution in [-0.2, 0) is 20.7 Å². The van der Waals surface area contributed by atoms with Gasteiger partial charge in [0.15, 0.2) is 5.60 Å². The summed E-state index contributed by atoms with van der Waals surface area (Å²) < 4.78 is 12.3. The zero-order valence-electron chi connectivity index (χ0n) is 20.0. The second-order valence-corrected chi connectivity index (χ2v) is 9.20. The summed E-state index contributed by atoms with van der Waals surface area (Å²) in [6.07, 6.45) is 5.28. The van der Waals surface area contributed by atoms with E-state index in [0.29, 0.717) is 52.4 Å². The van der Waals surface area contributed by atoms with Crippen molar-refractivity contribution in [1.29, 1.82) is 0 Å². The smallest absolute Gasteiger partial charge is 0.256 e. The average molecular weight is 446 g/mol. The van der Waals surface area contributed by atoms with Crippen LogP contribution in [-0.4, -0.2) is 92.1 Å². The van der Waals surface area contributed by atoms with Crippen LogP contribution in [0.25, 0.3) is 0 Å². The monoisotopic (exact) mass is 445 g/mol. The van der Waals surface area contributed by atoms with E-state index in [1.807, 2.05) is 47.0 Å². The second-order valence-electron chi connectivity index (χ2n) is 9.20. The predicted octanol–water partition coefficient (Wildman–Crippen LogP) is 2.58. The molecule has 2 amide bonds. The highest BCUT2D eigenvalue weighted by molar-refractivity contribution is 5.87. The number of aryl methyl sites for hydroxylation is 1. The Bertz CT molecular complexity index is 769. The van der Waals surface area contributed by atoms with Crippen LogP contribution in [0, 0.1) is 0 Å². The van der Waals surface area contributed by atoms with Gasteiger partial charge < -0.3 is 24.2 Å². The Kier molecular flexibility index (Phi) is 8.93. The first-order valence-electron chi connectivity index (χ1n) is 12.0. The number of hydrogen-bond donors (Lipinski definition) is 0. The number of amides is 2. The molecule has 1 spiro atoms. The van der Waals surface area contributed by atoms with Gasteiger partial charge in [-0.2, -0.15) is 0 Å². The van der Waals surface area contributed by atoms with Crippen LogP contribution >= 0.6 is 0 Å². The number of ether oxygens (including phenoxy) is 2.